The molecule has 3 aromatic rings. The number of hydrogen-bond donors (Lipinski definition) is 1. The number of nitrogens with zero attached hydrogens (tertiary/aromatic N) is 1. The van der Waals surface area contributed by atoms with Gasteiger partial charge in [0, 0.05) is 5.02 Å². The van der Waals surface area contributed by atoms with E-state index in [1.54, 1.807) is 12.1 Å². The van der Waals surface area contributed by atoms with Gasteiger partial charge < -0.3 is 5.32 Å². The molecule has 0 unspecified atom stereocenters. The van der Waals surface area contributed by atoms with Crippen molar-refractivity contribution in [1.29, 1.82) is 0 Å². The van der Waals surface area contributed by atoms with Crippen molar-refractivity contribution in [3.63, 3.8) is 0 Å². The minimum Gasteiger partial charge on any atom is -0.323 e. The highest BCUT2D eigenvalue weighted by atomic mass is 35.5. The molecule has 0 saturated heterocycles. The lowest BCUT2D eigenvalue weighted by Crippen LogP contribution is -2.23. The van der Waals surface area contributed by atoms with Crippen LogP contribution < -0.4 is 10.9 Å². The summed E-state index contributed by atoms with van der Waals surface area (Å²) in [6.45, 7) is -0.192. The number of carbonyl (C=O) groups excluding carboxylic acids is 1. The normalized spacial score (nSPS) is 10.9. The van der Waals surface area contributed by atoms with E-state index in [2.05, 4.69) is 5.32 Å². The number of halogens is 3. The Morgan fingerprint density at radius 2 is 2.00 bits per heavy atom. The molecule has 4 nitrogen and oxygen atoms in total. The highest BCUT2D eigenvalue weighted by Crippen LogP contribution is 2.25. The smallest absolute Gasteiger partial charge is 0.269 e. The van der Waals surface area contributed by atoms with Crippen molar-refractivity contribution in [2.45, 2.75) is 6.54 Å². The van der Waals surface area contributed by atoms with Gasteiger partial charge in [-0.25, -0.2) is 4.39 Å². The van der Waals surface area contributed by atoms with Crippen LogP contribution in [0.4, 0.5) is 10.1 Å². The molecule has 1 amide bonds. The zero-order valence-electron chi connectivity index (χ0n) is 11.5. The molecular formula is C15H9Cl2FN2O2S. The third-order valence-corrected chi connectivity index (χ3v) is 4.71. The number of rotatable bonds is 3. The van der Waals surface area contributed by atoms with E-state index in [0.29, 0.717) is 25.8 Å². The molecule has 0 saturated carbocycles. The molecule has 1 N–H and O–H groups in total. The van der Waals surface area contributed by atoms with E-state index >= 15 is 0 Å². The third-order valence-electron chi connectivity index (χ3n) is 3.10. The predicted octanol–water partition coefficient (Wildman–Crippen LogP) is 4.15. The van der Waals surface area contributed by atoms with Crippen LogP contribution >= 0.6 is 34.7 Å². The fraction of sp³-hybridized carbons (Fsp3) is 0.0667. The van der Waals surface area contributed by atoms with Crippen molar-refractivity contribution in [3.05, 3.63) is 62.6 Å². The van der Waals surface area contributed by atoms with Crippen LogP contribution in [-0.2, 0) is 11.3 Å². The molecule has 0 aliphatic heterocycles. The van der Waals surface area contributed by atoms with Crippen LogP contribution in [0.15, 0.2) is 41.2 Å². The average molecular weight is 371 g/mol. The van der Waals surface area contributed by atoms with Gasteiger partial charge in [0.1, 0.15) is 12.4 Å². The fourth-order valence-electron chi connectivity index (χ4n) is 2.06. The first-order valence-corrected chi connectivity index (χ1v) is 8.01. The third kappa shape index (κ3) is 3.39. The van der Waals surface area contributed by atoms with Crippen molar-refractivity contribution < 1.29 is 9.18 Å². The molecule has 0 radical (unpaired) electrons. The maximum atomic E-state index is 13.2. The van der Waals surface area contributed by atoms with Crippen LogP contribution in [0.25, 0.3) is 10.1 Å². The van der Waals surface area contributed by atoms with Crippen LogP contribution in [-0.4, -0.2) is 9.86 Å². The summed E-state index contributed by atoms with van der Waals surface area (Å²) in [6.07, 6.45) is 0. The van der Waals surface area contributed by atoms with Gasteiger partial charge in [-0.3, -0.25) is 13.5 Å². The molecule has 23 heavy (non-hydrogen) atoms. The van der Waals surface area contributed by atoms with E-state index in [4.69, 9.17) is 23.2 Å². The van der Waals surface area contributed by atoms with Crippen LogP contribution in [0, 0.1) is 5.82 Å². The monoisotopic (exact) mass is 370 g/mol. The number of amides is 1. The number of benzene rings is 2. The van der Waals surface area contributed by atoms with E-state index in [1.165, 1.54) is 28.2 Å². The number of fused-ring (bicyclic) bond motifs is 1. The summed E-state index contributed by atoms with van der Waals surface area (Å²) in [5, 5.41) is 3.75. The molecule has 2 aromatic carbocycles. The minimum absolute atomic E-state index is 0.192. The zero-order valence-corrected chi connectivity index (χ0v) is 13.8. The van der Waals surface area contributed by atoms with Gasteiger partial charge in [-0.2, -0.15) is 0 Å². The molecule has 0 fully saturated rings. The summed E-state index contributed by atoms with van der Waals surface area (Å²) in [6, 6.07) is 8.57. The zero-order chi connectivity index (χ0) is 16.6. The van der Waals surface area contributed by atoms with Crippen molar-refractivity contribution in [2.75, 3.05) is 5.32 Å². The largest absolute Gasteiger partial charge is 0.323 e. The van der Waals surface area contributed by atoms with Gasteiger partial charge in [-0.05, 0) is 36.4 Å². The molecule has 3 rings (SSSR count). The summed E-state index contributed by atoms with van der Waals surface area (Å²) in [7, 11) is 0. The highest BCUT2D eigenvalue weighted by Gasteiger charge is 2.13. The average Bonchev–Trinajstić information content (AvgIpc) is 2.78. The number of aromatic nitrogens is 1. The first kappa shape index (κ1) is 16.0. The van der Waals surface area contributed by atoms with E-state index in [1.807, 2.05) is 0 Å². The summed E-state index contributed by atoms with van der Waals surface area (Å²) in [5.41, 5.74) is 0.0294. The molecule has 0 atom stereocenters. The Kier molecular flexibility index (Phi) is 4.39. The van der Waals surface area contributed by atoms with Crippen molar-refractivity contribution in [2.24, 2.45) is 0 Å². The second-order valence-corrected chi connectivity index (χ2v) is 6.65. The number of nitrogens with one attached hydrogen (secondary N) is 1. The lowest BCUT2D eigenvalue weighted by molar-refractivity contribution is -0.116. The number of anilines is 1. The molecule has 0 spiro atoms. The Morgan fingerprint density at radius 1 is 1.22 bits per heavy atom. The lowest BCUT2D eigenvalue weighted by Gasteiger charge is -2.07. The van der Waals surface area contributed by atoms with E-state index in [-0.39, 0.29) is 12.1 Å². The molecule has 0 bridgehead atoms. The Labute approximate surface area is 144 Å². The summed E-state index contributed by atoms with van der Waals surface area (Å²) in [4.78, 5) is 24.3. The van der Waals surface area contributed by atoms with Gasteiger partial charge in [-0.1, -0.05) is 34.7 Å². The Morgan fingerprint density at radius 3 is 2.78 bits per heavy atom. The van der Waals surface area contributed by atoms with E-state index in [9.17, 15) is 14.0 Å². The van der Waals surface area contributed by atoms with Gasteiger partial charge in [0.05, 0.1) is 20.8 Å². The number of carbonyl (C=O) groups is 1. The predicted molar refractivity (Wildman–Crippen MR) is 91.1 cm³/mol. The molecular weight excluding hydrogens is 362 g/mol. The summed E-state index contributed by atoms with van der Waals surface area (Å²) in [5.74, 6) is -0.857. The Bertz CT molecular complexity index is 968. The minimum atomic E-state index is -0.430. The second-order valence-electron chi connectivity index (χ2n) is 4.75. The summed E-state index contributed by atoms with van der Waals surface area (Å²) < 4.78 is 15.0. The molecule has 118 valence electrons. The quantitative estimate of drug-likeness (QED) is 0.752. The lowest BCUT2D eigenvalue weighted by atomic mass is 10.3. The molecule has 0 aliphatic rings. The molecule has 0 aliphatic carbocycles. The van der Waals surface area contributed by atoms with E-state index in [0.717, 1.165) is 11.5 Å². The van der Waals surface area contributed by atoms with Crippen LogP contribution in [0.5, 0.6) is 0 Å². The van der Waals surface area contributed by atoms with E-state index < -0.39 is 11.7 Å². The van der Waals surface area contributed by atoms with Crippen LogP contribution in [0.1, 0.15) is 0 Å². The first-order valence-electron chi connectivity index (χ1n) is 6.48. The van der Waals surface area contributed by atoms with Crippen molar-refractivity contribution >= 4 is 56.4 Å². The van der Waals surface area contributed by atoms with Crippen molar-refractivity contribution in [1.82, 2.24) is 3.96 Å². The second kappa shape index (κ2) is 6.31. The molecule has 8 heteroatoms. The maximum absolute atomic E-state index is 13.2. The highest BCUT2D eigenvalue weighted by molar-refractivity contribution is 7.13. The van der Waals surface area contributed by atoms with Gasteiger partial charge in [-0.15, -0.1) is 0 Å². The summed E-state index contributed by atoms with van der Waals surface area (Å²) >= 11 is 12.9. The van der Waals surface area contributed by atoms with Gasteiger partial charge >= 0.3 is 0 Å². The van der Waals surface area contributed by atoms with Crippen molar-refractivity contribution in [3.8, 4) is 0 Å². The van der Waals surface area contributed by atoms with Crippen LogP contribution in [0.2, 0.25) is 10.0 Å². The van der Waals surface area contributed by atoms with Gasteiger partial charge in [0.25, 0.3) is 5.56 Å². The van der Waals surface area contributed by atoms with Crippen LogP contribution in [0.3, 0.4) is 0 Å². The number of hydrogen-bond acceptors (Lipinski definition) is 3. The van der Waals surface area contributed by atoms with Gasteiger partial charge in [0.15, 0.2) is 0 Å². The SMILES string of the molecule is O=C(Cn1sc2cc(F)ccc2c1=O)Nc1cc(Cl)ccc1Cl. The molecule has 1 aromatic heterocycles. The standard InChI is InChI=1S/C15H9Cl2FN2O2S/c16-8-1-4-11(17)12(5-8)19-14(21)7-20-15(22)10-3-2-9(18)6-13(10)23-20/h1-6H,7H2,(H,19,21). The molecule has 1 heterocycles. The first-order chi connectivity index (χ1) is 10.9. The fourth-order valence-corrected chi connectivity index (χ4v) is 3.42. The van der Waals surface area contributed by atoms with Gasteiger partial charge in [0.2, 0.25) is 5.91 Å². The Hall–Kier alpha value is -1.89. The maximum Gasteiger partial charge on any atom is 0.269 e. The topological polar surface area (TPSA) is 51.1 Å². The Balaban J connectivity index is 1.84.